The summed E-state index contributed by atoms with van der Waals surface area (Å²) >= 11 is 0. The van der Waals surface area contributed by atoms with E-state index >= 15 is 0 Å². The van der Waals surface area contributed by atoms with Crippen molar-refractivity contribution >= 4 is 0 Å². The molecule has 41 heavy (non-hydrogen) atoms. The van der Waals surface area contributed by atoms with Crippen LogP contribution < -0.4 is 4.74 Å². The van der Waals surface area contributed by atoms with Crippen molar-refractivity contribution in [2.45, 2.75) is 30.8 Å². The Morgan fingerprint density at radius 3 is 2.32 bits per heavy atom. The second kappa shape index (κ2) is 11.6. The second-order valence-corrected chi connectivity index (χ2v) is 10.4. The zero-order valence-electron chi connectivity index (χ0n) is 22.6. The fraction of sp³-hybridized carbons (Fsp3) is 0.367. The molecule has 2 unspecified atom stereocenters. The highest BCUT2D eigenvalue weighted by Gasteiger charge is 2.42. The maximum Gasteiger partial charge on any atom is 0.453 e. The minimum atomic E-state index is -4.68. The summed E-state index contributed by atoms with van der Waals surface area (Å²) < 4.78 is 53.3. The third kappa shape index (κ3) is 5.70. The normalized spacial score (nSPS) is 20.2. The highest BCUT2D eigenvalue weighted by Crippen LogP contribution is 2.36. The van der Waals surface area contributed by atoms with Gasteiger partial charge in [0.25, 0.3) is 5.82 Å². The van der Waals surface area contributed by atoms with Gasteiger partial charge in [-0.15, -0.1) is 5.10 Å². The number of methoxy groups -OCH3 is 1. The molecule has 3 aromatic carbocycles. The predicted molar refractivity (Wildman–Crippen MR) is 146 cm³/mol. The van der Waals surface area contributed by atoms with Gasteiger partial charge < -0.3 is 9.47 Å². The van der Waals surface area contributed by atoms with Crippen LogP contribution in [-0.2, 0) is 17.5 Å². The summed E-state index contributed by atoms with van der Waals surface area (Å²) in [7, 11) is 1.56. The largest absolute Gasteiger partial charge is 0.496 e. The van der Waals surface area contributed by atoms with Crippen LogP contribution in [0.4, 0.5) is 13.2 Å². The molecule has 0 saturated carbocycles. The van der Waals surface area contributed by atoms with Gasteiger partial charge in [0, 0.05) is 50.2 Å². The molecule has 3 heterocycles. The zero-order chi connectivity index (χ0) is 28.4. The molecule has 0 N–H and O–H groups in total. The highest BCUT2D eigenvalue weighted by atomic mass is 19.4. The number of nitrogens with zero attached hydrogens (tertiary/aromatic N) is 6. The monoisotopic (exact) mass is 564 g/mol. The van der Waals surface area contributed by atoms with Crippen molar-refractivity contribution in [1.82, 2.24) is 30.0 Å². The lowest BCUT2D eigenvalue weighted by molar-refractivity contribution is -0.146. The molecule has 2 saturated heterocycles. The zero-order valence-corrected chi connectivity index (χ0v) is 22.6. The van der Waals surface area contributed by atoms with Gasteiger partial charge in [-0.1, -0.05) is 60.7 Å². The summed E-state index contributed by atoms with van der Waals surface area (Å²) in [6.07, 6.45) is -4.75. The number of alkyl halides is 3. The Balaban J connectivity index is 1.28. The van der Waals surface area contributed by atoms with Gasteiger partial charge in [0.1, 0.15) is 5.75 Å². The van der Waals surface area contributed by atoms with E-state index in [4.69, 9.17) is 9.47 Å². The Morgan fingerprint density at radius 2 is 1.66 bits per heavy atom. The molecular weight excluding hydrogens is 533 g/mol. The van der Waals surface area contributed by atoms with Crippen LogP contribution >= 0.6 is 0 Å². The minimum Gasteiger partial charge on any atom is -0.496 e. The Labute approximate surface area is 236 Å². The van der Waals surface area contributed by atoms with Crippen LogP contribution in [0.25, 0.3) is 5.69 Å². The average Bonchev–Trinajstić information content (AvgIpc) is 3.50. The van der Waals surface area contributed by atoms with E-state index in [-0.39, 0.29) is 23.8 Å². The van der Waals surface area contributed by atoms with Crippen molar-refractivity contribution in [2.75, 3.05) is 39.9 Å². The van der Waals surface area contributed by atoms with Crippen LogP contribution in [0, 0.1) is 0 Å². The van der Waals surface area contributed by atoms with Crippen molar-refractivity contribution < 1.29 is 22.6 Å². The number of morpholine rings is 1. The second-order valence-electron chi connectivity index (χ2n) is 10.4. The van der Waals surface area contributed by atoms with E-state index in [1.165, 1.54) is 17.2 Å². The van der Waals surface area contributed by atoms with Crippen LogP contribution in [0.2, 0.25) is 0 Å². The summed E-state index contributed by atoms with van der Waals surface area (Å²) in [5.41, 5.74) is 3.40. The van der Waals surface area contributed by atoms with Crippen molar-refractivity contribution in [1.29, 1.82) is 0 Å². The van der Waals surface area contributed by atoms with E-state index in [2.05, 4.69) is 73.9 Å². The van der Waals surface area contributed by atoms with Crippen LogP contribution in [0.1, 0.15) is 28.4 Å². The summed E-state index contributed by atoms with van der Waals surface area (Å²) in [6.45, 7) is 4.46. The Bertz CT molecular complexity index is 1410. The minimum absolute atomic E-state index is 0.0589. The van der Waals surface area contributed by atoms with E-state index in [0.717, 1.165) is 36.4 Å². The number of hydrogen-bond acceptors (Lipinski definition) is 7. The first-order chi connectivity index (χ1) is 19.9. The molecule has 6 rings (SSSR count). The van der Waals surface area contributed by atoms with Gasteiger partial charge in [-0.25, -0.2) is 0 Å². The maximum atomic E-state index is 13.5. The van der Waals surface area contributed by atoms with Gasteiger partial charge >= 0.3 is 6.18 Å². The standard InChI is InChI=1S/C30H31F3N6O2/c1-40-26-13-12-24(39-29(30(31,32)33)34-35-36-39)18-23(26)19-37-14-15-38-16-17-41-28(25(38)20-37)27(21-8-4-2-5-9-21)22-10-6-3-7-11-22/h2-13,18,25,27-28H,14-17,19-20H2,1H3. The van der Waals surface area contributed by atoms with E-state index in [0.29, 0.717) is 18.9 Å². The summed E-state index contributed by atoms with van der Waals surface area (Å²) in [6, 6.07) is 25.9. The Kier molecular flexibility index (Phi) is 7.74. The lowest BCUT2D eigenvalue weighted by Gasteiger charge is -2.49. The molecule has 2 aliphatic rings. The number of tetrazole rings is 1. The summed E-state index contributed by atoms with van der Waals surface area (Å²) in [4.78, 5) is 4.83. The predicted octanol–water partition coefficient (Wildman–Crippen LogP) is 4.41. The quantitative estimate of drug-likeness (QED) is 0.330. The first-order valence-corrected chi connectivity index (χ1v) is 13.6. The molecule has 1 aromatic heterocycles. The van der Waals surface area contributed by atoms with Crippen LogP contribution in [0.5, 0.6) is 5.75 Å². The van der Waals surface area contributed by atoms with Crippen molar-refractivity contribution in [3.8, 4) is 11.4 Å². The SMILES string of the molecule is COc1ccc(-n2nnnc2C(F)(F)F)cc1CN1CCN2CCOC(C(c3ccccc3)c3ccccc3)C2C1. The van der Waals surface area contributed by atoms with E-state index in [9.17, 15) is 13.2 Å². The van der Waals surface area contributed by atoms with Gasteiger partial charge in [-0.3, -0.25) is 9.80 Å². The molecule has 214 valence electrons. The first-order valence-electron chi connectivity index (χ1n) is 13.6. The third-order valence-electron chi connectivity index (χ3n) is 7.96. The van der Waals surface area contributed by atoms with Gasteiger partial charge in [-0.05, 0) is 39.8 Å². The number of ether oxygens (including phenoxy) is 2. The maximum absolute atomic E-state index is 13.5. The molecule has 0 aliphatic carbocycles. The molecule has 8 nitrogen and oxygen atoms in total. The molecule has 0 bridgehead atoms. The number of fused-ring (bicyclic) bond motifs is 1. The fourth-order valence-corrected chi connectivity index (χ4v) is 6.07. The fourth-order valence-electron chi connectivity index (χ4n) is 6.07. The van der Waals surface area contributed by atoms with Crippen molar-refractivity contribution in [2.24, 2.45) is 0 Å². The van der Waals surface area contributed by atoms with Gasteiger partial charge in [-0.2, -0.15) is 17.9 Å². The van der Waals surface area contributed by atoms with Crippen molar-refractivity contribution in [3.63, 3.8) is 0 Å². The molecule has 2 aliphatic heterocycles. The number of hydrogen-bond donors (Lipinski definition) is 0. The Morgan fingerprint density at radius 1 is 0.951 bits per heavy atom. The van der Waals surface area contributed by atoms with E-state index in [1.54, 1.807) is 19.2 Å². The third-order valence-corrected chi connectivity index (χ3v) is 7.96. The molecular formula is C30H31F3N6O2. The Hall–Kier alpha value is -3.80. The molecule has 2 fully saturated rings. The van der Waals surface area contributed by atoms with E-state index < -0.39 is 12.0 Å². The molecule has 4 aromatic rings. The summed E-state index contributed by atoms with van der Waals surface area (Å²) in [5, 5.41) is 10.0. The molecule has 2 atom stereocenters. The number of halogens is 3. The smallest absolute Gasteiger partial charge is 0.453 e. The summed E-state index contributed by atoms with van der Waals surface area (Å²) in [5.74, 6) is -0.512. The van der Waals surface area contributed by atoms with Crippen molar-refractivity contribution in [3.05, 3.63) is 101 Å². The van der Waals surface area contributed by atoms with Gasteiger partial charge in [0.15, 0.2) is 0 Å². The number of piperazine rings is 1. The highest BCUT2D eigenvalue weighted by molar-refractivity contribution is 5.44. The average molecular weight is 565 g/mol. The van der Waals surface area contributed by atoms with Crippen LogP contribution in [-0.4, -0.2) is 82.0 Å². The van der Waals surface area contributed by atoms with Gasteiger partial charge in [0.05, 0.1) is 25.5 Å². The van der Waals surface area contributed by atoms with E-state index in [1.807, 2.05) is 12.1 Å². The number of benzene rings is 3. The molecule has 0 amide bonds. The first kappa shape index (κ1) is 27.4. The molecule has 0 spiro atoms. The topological polar surface area (TPSA) is 68.5 Å². The van der Waals surface area contributed by atoms with Gasteiger partial charge in [0.2, 0.25) is 0 Å². The van der Waals surface area contributed by atoms with Crippen LogP contribution in [0.15, 0.2) is 78.9 Å². The molecule has 0 radical (unpaired) electrons. The molecule has 11 heteroatoms. The lowest BCUT2D eigenvalue weighted by atomic mass is 9.81. The lowest BCUT2D eigenvalue weighted by Crippen LogP contribution is -2.62. The number of aromatic nitrogens is 4. The number of rotatable bonds is 7. The van der Waals surface area contributed by atoms with Crippen LogP contribution in [0.3, 0.4) is 0 Å².